The average Bonchev–Trinajstić information content (AvgIpc) is 3.18. The van der Waals surface area contributed by atoms with Gasteiger partial charge in [-0.1, -0.05) is 18.0 Å². The smallest absolute Gasteiger partial charge is 0.231 e. The van der Waals surface area contributed by atoms with E-state index in [0.29, 0.717) is 18.1 Å². The van der Waals surface area contributed by atoms with Crippen molar-refractivity contribution in [2.45, 2.75) is 63.5 Å². The third kappa shape index (κ3) is 2.73. The highest BCUT2D eigenvalue weighted by Crippen LogP contribution is 2.37. The number of nitrogens with zero attached hydrogens (tertiary/aromatic N) is 3. The molecule has 0 amide bonds. The number of aromatic nitrogens is 2. The van der Waals surface area contributed by atoms with Crippen LogP contribution in [-0.4, -0.2) is 46.9 Å². The third-order valence-electron chi connectivity index (χ3n) is 5.48. The van der Waals surface area contributed by atoms with Gasteiger partial charge in [0.1, 0.15) is 0 Å². The molecular formula is C16H25N3O2. The van der Waals surface area contributed by atoms with Crippen LogP contribution in [0.1, 0.15) is 56.2 Å². The molecule has 5 heteroatoms. The van der Waals surface area contributed by atoms with Crippen molar-refractivity contribution < 1.29 is 9.26 Å². The Morgan fingerprint density at radius 3 is 2.86 bits per heavy atom. The van der Waals surface area contributed by atoms with E-state index < -0.39 is 0 Å². The van der Waals surface area contributed by atoms with Gasteiger partial charge in [0, 0.05) is 25.7 Å². The Balaban J connectivity index is 1.50. The third-order valence-corrected chi connectivity index (χ3v) is 5.48. The summed E-state index contributed by atoms with van der Waals surface area (Å²) in [5.41, 5.74) is 0. The summed E-state index contributed by atoms with van der Waals surface area (Å²) in [5, 5.41) is 3.96. The molecular weight excluding hydrogens is 266 g/mol. The molecule has 2 aliphatic heterocycles. The van der Waals surface area contributed by atoms with Crippen LogP contribution >= 0.6 is 0 Å². The SMILES string of the molecule is Cc1noc([C@@H]2C[C@H]3OCC[C@H]3N(CC3CCCC3)C2)n1. The lowest BCUT2D eigenvalue weighted by Crippen LogP contribution is -2.50. The maximum atomic E-state index is 5.98. The summed E-state index contributed by atoms with van der Waals surface area (Å²) in [6.45, 7) is 5.09. The first-order valence-corrected chi connectivity index (χ1v) is 8.45. The van der Waals surface area contributed by atoms with E-state index in [1.54, 1.807) is 0 Å². The maximum Gasteiger partial charge on any atom is 0.231 e. The summed E-state index contributed by atoms with van der Waals surface area (Å²) >= 11 is 0. The van der Waals surface area contributed by atoms with Crippen LogP contribution < -0.4 is 0 Å². The van der Waals surface area contributed by atoms with Crippen LogP contribution in [0.4, 0.5) is 0 Å². The Labute approximate surface area is 126 Å². The highest BCUT2D eigenvalue weighted by atomic mass is 16.5. The molecule has 4 rings (SSSR count). The van der Waals surface area contributed by atoms with Gasteiger partial charge in [0.05, 0.1) is 12.0 Å². The van der Waals surface area contributed by atoms with E-state index in [2.05, 4.69) is 15.0 Å². The predicted molar refractivity (Wildman–Crippen MR) is 78.1 cm³/mol. The predicted octanol–water partition coefficient (Wildman–Crippen LogP) is 2.52. The van der Waals surface area contributed by atoms with E-state index in [0.717, 1.165) is 37.2 Å². The quantitative estimate of drug-likeness (QED) is 0.856. The van der Waals surface area contributed by atoms with Gasteiger partial charge in [0.15, 0.2) is 5.82 Å². The summed E-state index contributed by atoms with van der Waals surface area (Å²) in [6.07, 6.45) is 8.21. The largest absolute Gasteiger partial charge is 0.377 e. The van der Waals surface area contributed by atoms with Gasteiger partial charge in [-0.3, -0.25) is 4.90 Å². The van der Waals surface area contributed by atoms with Gasteiger partial charge in [-0.05, 0) is 38.5 Å². The maximum absolute atomic E-state index is 5.98. The molecule has 3 heterocycles. The van der Waals surface area contributed by atoms with Gasteiger partial charge in [0.2, 0.25) is 5.89 Å². The van der Waals surface area contributed by atoms with Gasteiger partial charge < -0.3 is 9.26 Å². The normalized spacial score (nSPS) is 34.4. The first-order chi connectivity index (χ1) is 10.3. The van der Waals surface area contributed by atoms with E-state index in [1.165, 1.54) is 38.6 Å². The minimum Gasteiger partial charge on any atom is -0.377 e. The van der Waals surface area contributed by atoms with E-state index in [-0.39, 0.29) is 0 Å². The van der Waals surface area contributed by atoms with Crippen molar-refractivity contribution in [2.75, 3.05) is 19.7 Å². The van der Waals surface area contributed by atoms with Crippen LogP contribution in [0.2, 0.25) is 0 Å². The monoisotopic (exact) mass is 291 g/mol. The lowest BCUT2D eigenvalue weighted by Gasteiger charge is -2.40. The van der Waals surface area contributed by atoms with Crippen molar-refractivity contribution in [3.8, 4) is 0 Å². The van der Waals surface area contributed by atoms with Crippen molar-refractivity contribution in [2.24, 2.45) is 5.92 Å². The zero-order valence-corrected chi connectivity index (χ0v) is 12.8. The summed E-state index contributed by atoms with van der Waals surface area (Å²) in [6, 6.07) is 0.617. The van der Waals surface area contributed by atoms with E-state index >= 15 is 0 Å². The lowest BCUT2D eigenvalue weighted by atomic mass is 9.89. The molecule has 0 N–H and O–H groups in total. The van der Waals surface area contributed by atoms with Gasteiger partial charge >= 0.3 is 0 Å². The van der Waals surface area contributed by atoms with Crippen molar-refractivity contribution in [3.63, 3.8) is 0 Å². The number of hydrogen-bond acceptors (Lipinski definition) is 5. The molecule has 1 saturated carbocycles. The zero-order chi connectivity index (χ0) is 14.2. The van der Waals surface area contributed by atoms with Gasteiger partial charge in [-0.15, -0.1) is 0 Å². The minimum atomic E-state index is 0.340. The van der Waals surface area contributed by atoms with Gasteiger partial charge in [-0.2, -0.15) is 4.98 Å². The summed E-state index contributed by atoms with van der Waals surface area (Å²) in [4.78, 5) is 7.12. The molecule has 1 aliphatic carbocycles. The lowest BCUT2D eigenvalue weighted by molar-refractivity contribution is 0.00611. The molecule has 116 valence electrons. The fourth-order valence-corrected chi connectivity index (χ4v) is 4.45. The Bertz CT molecular complexity index is 484. The van der Waals surface area contributed by atoms with Crippen molar-refractivity contribution in [1.29, 1.82) is 0 Å². The van der Waals surface area contributed by atoms with Crippen molar-refractivity contribution in [3.05, 3.63) is 11.7 Å². The first-order valence-electron chi connectivity index (χ1n) is 8.45. The number of ether oxygens (including phenoxy) is 1. The molecule has 2 saturated heterocycles. The summed E-state index contributed by atoms with van der Waals surface area (Å²) in [5.74, 6) is 2.76. The molecule has 5 nitrogen and oxygen atoms in total. The van der Waals surface area contributed by atoms with E-state index in [9.17, 15) is 0 Å². The van der Waals surface area contributed by atoms with Crippen LogP contribution in [0.15, 0.2) is 4.52 Å². The second kappa shape index (κ2) is 5.69. The Hall–Kier alpha value is -0.940. The topological polar surface area (TPSA) is 51.4 Å². The number of hydrogen-bond donors (Lipinski definition) is 0. The summed E-state index contributed by atoms with van der Waals surface area (Å²) < 4.78 is 11.4. The number of aryl methyl sites for hydroxylation is 1. The zero-order valence-electron chi connectivity index (χ0n) is 12.8. The second-order valence-electron chi connectivity index (χ2n) is 6.98. The van der Waals surface area contributed by atoms with Crippen molar-refractivity contribution in [1.82, 2.24) is 15.0 Å². The average molecular weight is 291 g/mol. The summed E-state index contributed by atoms with van der Waals surface area (Å²) in [7, 11) is 0. The molecule has 21 heavy (non-hydrogen) atoms. The van der Waals surface area contributed by atoms with Crippen LogP contribution in [0.25, 0.3) is 0 Å². The minimum absolute atomic E-state index is 0.340. The number of likely N-dealkylation sites (tertiary alicyclic amines) is 1. The highest BCUT2D eigenvalue weighted by Gasteiger charge is 2.42. The van der Waals surface area contributed by atoms with Crippen LogP contribution in [0.5, 0.6) is 0 Å². The highest BCUT2D eigenvalue weighted by molar-refractivity contribution is 5.03. The Morgan fingerprint density at radius 2 is 2.10 bits per heavy atom. The molecule has 0 radical (unpaired) electrons. The standard InChI is InChI=1S/C16H25N3O2/c1-11-17-16(21-18-11)13-8-15-14(6-7-20-15)19(10-13)9-12-4-2-3-5-12/h12-15H,2-10H2,1H3/t13-,14-,15-/m1/s1. The van der Waals surface area contributed by atoms with E-state index in [4.69, 9.17) is 9.26 Å². The molecule has 1 aromatic heterocycles. The second-order valence-corrected chi connectivity index (χ2v) is 6.98. The van der Waals surface area contributed by atoms with Gasteiger partial charge in [-0.25, -0.2) is 0 Å². The Morgan fingerprint density at radius 1 is 1.24 bits per heavy atom. The molecule has 1 aromatic rings. The fraction of sp³-hybridized carbons (Fsp3) is 0.875. The Kier molecular flexibility index (Phi) is 3.71. The van der Waals surface area contributed by atoms with Gasteiger partial charge in [0.25, 0.3) is 0 Å². The number of fused-ring (bicyclic) bond motifs is 1. The molecule has 0 aromatic carbocycles. The first kappa shape index (κ1) is 13.7. The molecule has 3 aliphatic rings. The molecule has 3 atom stereocenters. The van der Waals surface area contributed by atoms with Crippen LogP contribution in [-0.2, 0) is 4.74 Å². The number of piperidine rings is 1. The van der Waals surface area contributed by atoms with Crippen LogP contribution in [0, 0.1) is 12.8 Å². The molecule has 0 unspecified atom stereocenters. The molecule has 0 spiro atoms. The fourth-order valence-electron chi connectivity index (χ4n) is 4.45. The van der Waals surface area contributed by atoms with Crippen molar-refractivity contribution >= 4 is 0 Å². The molecule has 3 fully saturated rings. The number of rotatable bonds is 3. The van der Waals surface area contributed by atoms with E-state index in [1.807, 2.05) is 6.92 Å². The van der Waals surface area contributed by atoms with Crippen LogP contribution in [0.3, 0.4) is 0 Å². The molecule has 0 bridgehead atoms.